The maximum atomic E-state index is 12.3. The van der Waals surface area contributed by atoms with Crippen LogP contribution in [-0.2, 0) is 9.59 Å². The SMILES string of the molecule is Nc1ccc(N2C(=O)C3CCCCC3C2=O)cn1. The minimum absolute atomic E-state index is 0.0729. The Morgan fingerprint density at radius 2 is 1.72 bits per heavy atom. The minimum atomic E-state index is -0.121. The van der Waals surface area contributed by atoms with Gasteiger partial charge in [-0.1, -0.05) is 12.8 Å². The third kappa shape index (κ3) is 1.58. The number of nitrogens with zero attached hydrogens (tertiary/aromatic N) is 2. The summed E-state index contributed by atoms with van der Waals surface area (Å²) in [5, 5.41) is 0. The fourth-order valence-electron chi connectivity index (χ4n) is 2.95. The number of nitrogen functional groups attached to an aromatic ring is 1. The second-order valence-electron chi connectivity index (χ2n) is 4.95. The standard InChI is InChI=1S/C13H15N3O2/c14-11-6-5-8(7-15-11)16-12(17)9-3-1-2-4-10(9)13(16)18/h5-7,9-10H,1-4H2,(H2,14,15). The molecule has 5 nitrogen and oxygen atoms in total. The zero-order chi connectivity index (χ0) is 12.7. The van der Waals surface area contributed by atoms with Gasteiger partial charge in [0.1, 0.15) is 5.82 Å². The van der Waals surface area contributed by atoms with Crippen molar-refractivity contribution in [3.8, 4) is 0 Å². The summed E-state index contributed by atoms with van der Waals surface area (Å²) in [5.41, 5.74) is 6.05. The smallest absolute Gasteiger partial charge is 0.237 e. The monoisotopic (exact) mass is 245 g/mol. The molecule has 3 rings (SSSR count). The van der Waals surface area contributed by atoms with E-state index in [1.807, 2.05) is 0 Å². The lowest BCUT2D eigenvalue weighted by molar-refractivity contribution is -0.122. The van der Waals surface area contributed by atoms with Crippen molar-refractivity contribution in [1.82, 2.24) is 4.98 Å². The molecule has 0 aromatic carbocycles. The molecule has 18 heavy (non-hydrogen) atoms. The number of hydrogen-bond donors (Lipinski definition) is 1. The summed E-state index contributed by atoms with van der Waals surface area (Å²) in [7, 11) is 0. The Bertz CT molecular complexity index is 473. The molecule has 2 unspecified atom stereocenters. The van der Waals surface area contributed by atoms with Crippen LogP contribution in [0.3, 0.4) is 0 Å². The predicted octanol–water partition coefficient (Wildman–Crippen LogP) is 1.34. The van der Waals surface area contributed by atoms with E-state index in [4.69, 9.17) is 5.73 Å². The normalized spacial score (nSPS) is 27.4. The van der Waals surface area contributed by atoms with Gasteiger partial charge in [0.05, 0.1) is 23.7 Å². The van der Waals surface area contributed by atoms with E-state index in [1.165, 1.54) is 11.1 Å². The summed E-state index contributed by atoms with van der Waals surface area (Å²) in [6, 6.07) is 3.29. The van der Waals surface area contributed by atoms with Crippen molar-refractivity contribution in [3.63, 3.8) is 0 Å². The van der Waals surface area contributed by atoms with E-state index in [1.54, 1.807) is 12.1 Å². The van der Waals surface area contributed by atoms with E-state index in [-0.39, 0.29) is 23.7 Å². The van der Waals surface area contributed by atoms with Crippen molar-refractivity contribution in [3.05, 3.63) is 18.3 Å². The van der Waals surface area contributed by atoms with E-state index in [0.717, 1.165) is 25.7 Å². The molecule has 1 aromatic heterocycles. The van der Waals surface area contributed by atoms with Gasteiger partial charge in [0.25, 0.3) is 0 Å². The van der Waals surface area contributed by atoms with Crippen LogP contribution in [0.2, 0.25) is 0 Å². The molecule has 0 spiro atoms. The number of fused-ring (bicyclic) bond motifs is 1. The molecular weight excluding hydrogens is 230 g/mol. The molecule has 1 saturated carbocycles. The number of hydrogen-bond acceptors (Lipinski definition) is 4. The van der Waals surface area contributed by atoms with E-state index in [0.29, 0.717) is 11.5 Å². The van der Waals surface area contributed by atoms with Crippen molar-refractivity contribution >= 4 is 23.3 Å². The van der Waals surface area contributed by atoms with Crippen LogP contribution in [0.5, 0.6) is 0 Å². The number of aromatic nitrogens is 1. The van der Waals surface area contributed by atoms with Crippen LogP contribution in [0.1, 0.15) is 25.7 Å². The highest BCUT2D eigenvalue weighted by atomic mass is 16.2. The van der Waals surface area contributed by atoms with Gasteiger partial charge in [-0.25, -0.2) is 9.88 Å². The molecule has 0 bridgehead atoms. The van der Waals surface area contributed by atoms with Crippen molar-refractivity contribution in [1.29, 1.82) is 0 Å². The summed E-state index contributed by atoms with van der Waals surface area (Å²) in [5.74, 6) is -0.00425. The lowest BCUT2D eigenvalue weighted by atomic mass is 9.81. The number of imide groups is 1. The number of amides is 2. The second kappa shape index (κ2) is 4.08. The summed E-state index contributed by atoms with van der Waals surface area (Å²) in [6.45, 7) is 0. The molecule has 2 aliphatic rings. The molecule has 2 atom stereocenters. The molecular formula is C13H15N3O2. The van der Waals surface area contributed by atoms with Crippen LogP contribution in [-0.4, -0.2) is 16.8 Å². The Morgan fingerprint density at radius 3 is 2.22 bits per heavy atom. The predicted molar refractivity (Wildman–Crippen MR) is 66.6 cm³/mol. The summed E-state index contributed by atoms with van der Waals surface area (Å²) >= 11 is 0. The Balaban J connectivity index is 1.95. The van der Waals surface area contributed by atoms with Crippen LogP contribution in [0.25, 0.3) is 0 Å². The Kier molecular flexibility index (Phi) is 2.54. The number of carbonyl (C=O) groups excluding carboxylic acids is 2. The van der Waals surface area contributed by atoms with Gasteiger partial charge >= 0.3 is 0 Å². The number of rotatable bonds is 1. The second-order valence-corrected chi connectivity index (χ2v) is 4.95. The van der Waals surface area contributed by atoms with Crippen molar-refractivity contribution in [2.24, 2.45) is 11.8 Å². The third-order valence-electron chi connectivity index (χ3n) is 3.87. The number of carbonyl (C=O) groups is 2. The fourth-order valence-corrected chi connectivity index (χ4v) is 2.95. The maximum Gasteiger partial charge on any atom is 0.237 e. The van der Waals surface area contributed by atoms with Crippen LogP contribution < -0.4 is 10.6 Å². The van der Waals surface area contributed by atoms with Gasteiger partial charge in [0, 0.05) is 0 Å². The topological polar surface area (TPSA) is 76.3 Å². The van der Waals surface area contributed by atoms with Gasteiger partial charge in [-0.15, -0.1) is 0 Å². The minimum Gasteiger partial charge on any atom is -0.384 e. The highest BCUT2D eigenvalue weighted by molar-refractivity contribution is 6.22. The van der Waals surface area contributed by atoms with Crippen molar-refractivity contribution in [2.45, 2.75) is 25.7 Å². The molecule has 2 heterocycles. The van der Waals surface area contributed by atoms with Gasteiger partial charge in [-0.05, 0) is 25.0 Å². The van der Waals surface area contributed by atoms with Crippen LogP contribution >= 0.6 is 0 Å². The first-order valence-electron chi connectivity index (χ1n) is 6.28. The average Bonchev–Trinajstić information content (AvgIpc) is 2.64. The molecule has 94 valence electrons. The molecule has 2 N–H and O–H groups in total. The Morgan fingerprint density at radius 1 is 1.11 bits per heavy atom. The highest BCUT2D eigenvalue weighted by Crippen LogP contribution is 2.39. The van der Waals surface area contributed by atoms with E-state index in [9.17, 15) is 9.59 Å². The van der Waals surface area contributed by atoms with Crippen molar-refractivity contribution in [2.75, 3.05) is 10.6 Å². The van der Waals surface area contributed by atoms with Gasteiger partial charge in [0.15, 0.2) is 0 Å². The average molecular weight is 245 g/mol. The van der Waals surface area contributed by atoms with Crippen LogP contribution in [0, 0.1) is 11.8 Å². The molecule has 0 radical (unpaired) electrons. The molecule has 2 fully saturated rings. The lowest BCUT2D eigenvalue weighted by Crippen LogP contribution is -2.30. The molecule has 1 aliphatic heterocycles. The summed E-state index contributed by atoms with van der Waals surface area (Å²) in [4.78, 5) is 29.8. The number of anilines is 2. The molecule has 5 heteroatoms. The van der Waals surface area contributed by atoms with Gasteiger partial charge < -0.3 is 5.73 Å². The first kappa shape index (κ1) is 11.2. The highest BCUT2D eigenvalue weighted by Gasteiger charge is 2.48. The first-order valence-corrected chi connectivity index (χ1v) is 6.28. The third-order valence-corrected chi connectivity index (χ3v) is 3.87. The Labute approximate surface area is 105 Å². The lowest BCUT2D eigenvalue weighted by Gasteiger charge is -2.19. The number of nitrogens with two attached hydrogens (primary N) is 1. The maximum absolute atomic E-state index is 12.3. The zero-order valence-corrected chi connectivity index (χ0v) is 10.0. The molecule has 1 aromatic rings. The number of pyridine rings is 1. The largest absolute Gasteiger partial charge is 0.384 e. The first-order chi connectivity index (χ1) is 8.68. The molecule has 1 saturated heterocycles. The Hall–Kier alpha value is -1.91. The van der Waals surface area contributed by atoms with Gasteiger partial charge in [-0.3, -0.25) is 9.59 Å². The van der Waals surface area contributed by atoms with Gasteiger partial charge in [-0.2, -0.15) is 0 Å². The zero-order valence-electron chi connectivity index (χ0n) is 10.0. The van der Waals surface area contributed by atoms with E-state index in [2.05, 4.69) is 4.98 Å². The molecule has 2 amide bonds. The summed E-state index contributed by atoms with van der Waals surface area (Å²) in [6.07, 6.45) is 5.22. The van der Waals surface area contributed by atoms with Crippen LogP contribution in [0.15, 0.2) is 18.3 Å². The van der Waals surface area contributed by atoms with E-state index >= 15 is 0 Å². The molecule has 1 aliphatic carbocycles. The van der Waals surface area contributed by atoms with Crippen molar-refractivity contribution < 1.29 is 9.59 Å². The van der Waals surface area contributed by atoms with E-state index < -0.39 is 0 Å². The quantitative estimate of drug-likeness (QED) is 0.757. The van der Waals surface area contributed by atoms with Gasteiger partial charge in [0.2, 0.25) is 11.8 Å². The summed E-state index contributed by atoms with van der Waals surface area (Å²) < 4.78 is 0. The van der Waals surface area contributed by atoms with Crippen LogP contribution in [0.4, 0.5) is 11.5 Å². The fraction of sp³-hybridized carbons (Fsp3) is 0.462.